The van der Waals surface area contributed by atoms with Gasteiger partial charge in [0.2, 0.25) is 0 Å². The van der Waals surface area contributed by atoms with Crippen LogP contribution in [0.2, 0.25) is 0 Å². The van der Waals surface area contributed by atoms with Crippen LogP contribution in [0, 0.1) is 5.92 Å². The minimum Gasteiger partial charge on any atom is -0.488 e. The molecule has 2 heterocycles. The van der Waals surface area contributed by atoms with Crippen LogP contribution in [0.4, 0.5) is 0 Å². The van der Waals surface area contributed by atoms with Gasteiger partial charge in [-0.1, -0.05) is 0 Å². The summed E-state index contributed by atoms with van der Waals surface area (Å²) < 4.78 is 5.50. The fraction of sp³-hybridized carbons (Fsp3) is 0.667. The van der Waals surface area contributed by atoms with Crippen molar-refractivity contribution in [3.63, 3.8) is 0 Å². The van der Waals surface area contributed by atoms with Crippen molar-refractivity contribution < 1.29 is 4.74 Å². The monoisotopic (exact) mass is 221 g/mol. The average molecular weight is 221 g/mol. The average Bonchev–Trinajstić information content (AvgIpc) is 2.73. The SMILES string of the molecule is CC(C)Oc1cnc(CC2CCNC2)nc1. The van der Waals surface area contributed by atoms with E-state index in [4.69, 9.17) is 4.74 Å². The highest BCUT2D eigenvalue weighted by atomic mass is 16.5. The molecule has 1 fully saturated rings. The van der Waals surface area contributed by atoms with Gasteiger partial charge in [-0.25, -0.2) is 9.97 Å². The molecule has 1 N–H and O–H groups in total. The van der Waals surface area contributed by atoms with Gasteiger partial charge < -0.3 is 10.1 Å². The van der Waals surface area contributed by atoms with Crippen LogP contribution in [0.25, 0.3) is 0 Å². The molecule has 0 aliphatic carbocycles. The van der Waals surface area contributed by atoms with Crippen LogP contribution < -0.4 is 10.1 Å². The summed E-state index contributed by atoms with van der Waals surface area (Å²) in [5.74, 6) is 2.37. The van der Waals surface area contributed by atoms with E-state index in [0.717, 1.165) is 31.1 Å². The van der Waals surface area contributed by atoms with Crippen LogP contribution in [-0.4, -0.2) is 29.2 Å². The Labute approximate surface area is 96.4 Å². The summed E-state index contributed by atoms with van der Waals surface area (Å²) in [7, 11) is 0. The van der Waals surface area contributed by atoms with E-state index in [2.05, 4.69) is 15.3 Å². The van der Waals surface area contributed by atoms with Crippen molar-refractivity contribution in [3.05, 3.63) is 18.2 Å². The summed E-state index contributed by atoms with van der Waals surface area (Å²) in [4.78, 5) is 8.66. The van der Waals surface area contributed by atoms with Gasteiger partial charge in [0.25, 0.3) is 0 Å². The third-order valence-corrected chi connectivity index (χ3v) is 2.69. The largest absolute Gasteiger partial charge is 0.488 e. The molecule has 0 radical (unpaired) electrons. The molecule has 0 saturated carbocycles. The van der Waals surface area contributed by atoms with Gasteiger partial charge >= 0.3 is 0 Å². The lowest BCUT2D eigenvalue weighted by atomic mass is 10.1. The molecular weight excluding hydrogens is 202 g/mol. The minimum absolute atomic E-state index is 0.175. The first-order valence-electron chi connectivity index (χ1n) is 5.92. The Hall–Kier alpha value is -1.16. The van der Waals surface area contributed by atoms with E-state index >= 15 is 0 Å². The van der Waals surface area contributed by atoms with Crippen molar-refractivity contribution in [2.75, 3.05) is 13.1 Å². The number of hydrogen-bond acceptors (Lipinski definition) is 4. The molecule has 1 unspecified atom stereocenters. The van der Waals surface area contributed by atoms with Crippen molar-refractivity contribution in [3.8, 4) is 5.75 Å². The number of nitrogens with zero attached hydrogens (tertiary/aromatic N) is 2. The lowest BCUT2D eigenvalue weighted by molar-refractivity contribution is 0.240. The molecule has 0 amide bonds. The molecule has 0 spiro atoms. The third kappa shape index (κ3) is 3.17. The molecule has 16 heavy (non-hydrogen) atoms. The molecule has 2 rings (SSSR count). The van der Waals surface area contributed by atoms with E-state index in [1.807, 2.05) is 13.8 Å². The van der Waals surface area contributed by atoms with Crippen molar-refractivity contribution in [2.24, 2.45) is 5.92 Å². The zero-order chi connectivity index (χ0) is 11.4. The van der Waals surface area contributed by atoms with Crippen molar-refractivity contribution >= 4 is 0 Å². The fourth-order valence-corrected chi connectivity index (χ4v) is 1.93. The minimum atomic E-state index is 0.175. The zero-order valence-electron chi connectivity index (χ0n) is 9.94. The Bertz CT molecular complexity index is 318. The first-order valence-corrected chi connectivity index (χ1v) is 5.92. The molecule has 1 aliphatic rings. The number of rotatable bonds is 4. The van der Waals surface area contributed by atoms with Gasteiger partial charge in [0.05, 0.1) is 18.5 Å². The maximum absolute atomic E-state index is 5.50. The Morgan fingerprint density at radius 2 is 2.19 bits per heavy atom. The summed E-state index contributed by atoms with van der Waals surface area (Å²) in [5.41, 5.74) is 0. The number of nitrogens with one attached hydrogen (secondary N) is 1. The molecule has 1 aromatic rings. The summed E-state index contributed by atoms with van der Waals surface area (Å²) in [6.45, 7) is 6.21. The summed E-state index contributed by atoms with van der Waals surface area (Å²) >= 11 is 0. The van der Waals surface area contributed by atoms with Gasteiger partial charge in [-0.2, -0.15) is 0 Å². The first kappa shape index (κ1) is 11.3. The second-order valence-electron chi connectivity index (χ2n) is 4.56. The van der Waals surface area contributed by atoms with Crippen LogP contribution in [0.3, 0.4) is 0 Å². The van der Waals surface area contributed by atoms with Gasteiger partial charge in [-0.05, 0) is 39.3 Å². The Kier molecular flexibility index (Phi) is 3.72. The van der Waals surface area contributed by atoms with Crippen LogP contribution in [0.15, 0.2) is 12.4 Å². The Balaban J connectivity index is 1.90. The number of ether oxygens (including phenoxy) is 1. The third-order valence-electron chi connectivity index (χ3n) is 2.69. The second-order valence-corrected chi connectivity index (χ2v) is 4.56. The van der Waals surface area contributed by atoms with Crippen molar-refractivity contribution in [1.82, 2.24) is 15.3 Å². The fourth-order valence-electron chi connectivity index (χ4n) is 1.93. The molecule has 0 aromatic carbocycles. The predicted molar refractivity (Wildman–Crippen MR) is 62.5 cm³/mol. The summed E-state index contributed by atoms with van der Waals surface area (Å²) in [6.07, 6.45) is 5.91. The highest BCUT2D eigenvalue weighted by Gasteiger charge is 2.16. The number of hydrogen-bond donors (Lipinski definition) is 1. The van der Waals surface area contributed by atoms with Gasteiger partial charge in [-0.3, -0.25) is 0 Å². The van der Waals surface area contributed by atoms with E-state index in [1.165, 1.54) is 6.42 Å². The molecule has 1 aromatic heterocycles. The van der Waals surface area contributed by atoms with E-state index in [0.29, 0.717) is 5.92 Å². The van der Waals surface area contributed by atoms with Crippen LogP contribution in [0.5, 0.6) is 5.75 Å². The Morgan fingerprint density at radius 1 is 1.44 bits per heavy atom. The zero-order valence-corrected chi connectivity index (χ0v) is 9.94. The predicted octanol–water partition coefficient (Wildman–Crippen LogP) is 1.42. The molecule has 0 bridgehead atoms. The van der Waals surface area contributed by atoms with E-state index in [9.17, 15) is 0 Å². The standard InChI is InChI=1S/C12H19N3O/c1-9(2)16-11-7-14-12(15-8-11)5-10-3-4-13-6-10/h7-10,13H,3-6H2,1-2H3. The highest BCUT2D eigenvalue weighted by molar-refractivity contribution is 5.12. The Morgan fingerprint density at radius 3 is 2.75 bits per heavy atom. The van der Waals surface area contributed by atoms with Crippen LogP contribution in [0.1, 0.15) is 26.1 Å². The van der Waals surface area contributed by atoms with Gasteiger partial charge in [0.15, 0.2) is 5.75 Å². The van der Waals surface area contributed by atoms with Crippen molar-refractivity contribution in [2.45, 2.75) is 32.8 Å². The van der Waals surface area contributed by atoms with E-state index < -0.39 is 0 Å². The van der Waals surface area contributed by atoms with E-state index in [1.54, 1.807) is 12.4 Å². The van der Waals surface area contributed by atoms with Gasteiger partial charge in [-0.15, -0.1) is 0 Å². The lowest BCUT2D eigenvalue weighted by Gasteiger charge is -2.10. The lowest BCUT2D eigenvalue weighted by Crippen LogP contribution is -2.12. The molecule has 1 aliphatic heterocycles. The second kappa shape index (κ2) is 5.25. The van der Waals surface area contributed by atoms with E-state index in [-0.39, 0.29) is 6.10 Å². The molecule has 1 atom stereocenters. The summed E-state index contributed by atoms with van der Waals surface area (Å²) in [5, 5.41) is 3.35. The molecular formula is C12H19N3O. The highest BCUT2D eigenvalue weighted by Crippen LogP contribution is 2.14. The molecule has 1 saturated heterocycles. The maximum Gasteiger partial charge on any atom is 0.156 e. The smallest absolute Gasteiger partial charge is 0.156 e. The molecule has 4 heteroatoms. The van der Waals surface area contributed by atoms with Crippen molar-refractivity contribution in [1.29, 1.82) is 0 Å². The first-order chi connectivity index (χ1) is 7.74. The van der Waals surface area contributed by atoms with Crippen LogP contribution >= 0.6 is 0 Å². The molecule has 4 nitrogen and oxygen atoms in total. The van der Waals surface area contributed by atoms with Gasteiger partial charge in [0.1, 0.15) is 5.82 Å². The summed E-state index contributed by atoms with van der Waals surface area (Å²) in [6, 6.07) is 0. The maximum atomic E-state index is 5.50. The quantitative estimate of drug-likeness (QED) is 0.835. The van der Waals surface area contributed by atoms with Gasteiger partial charge in [0, 0.05) is 6.42 Å². The van der Waals surface area contributed by atoms with Crippen LogP contribution in [-0.2, 0) is 6.42 Å². The normalized spacial score (nSPS) is 20.3. The molecule has 88 valence electrons. The number of aromatic nitrogens is 2. The topological polar surface area (TPSA) is 47.0 Å².